The van der Waals surface area contributed by atoms with Gasteiger partial charge in [-0.15, -0.1) is 0 Å². The highest BCUT2D eigenvalue weighted by molar-refractivity contribution is 6.76. The lowest BCUT2D eigenvalue weighted by Crippen LogP contribution is -2.41. The summed E-state index contributed by atoms with van der Waals surface area (Å²) in [6.07, 6.45) is 3.97. The quantitative estimate of drug-likeness (QED) is 0.158. The topological polar surface area (TPSA) is 55.4 Å². The number of nitrogens with one attached hydrogen (secondary N) is 1. The Morgan fingerprint density at radius 1 is 0.900 bits per heavy atom. The molecule has 5 heteroatoms. The molecule has 0 fully saturated rings. The van der Waals surface area contributed by atoms with Crippen LogP contribution in [0.5, 0.6) is 0 Å². The number of esters is 1. The molecule has 4 nitrogen and oxygen atoms in total. The van der Waals surface area contributed by atoms with Crippen LogP contribution in [0.15, 0.2) is 78.4 Å². The zero-order chi connectivity index (χ0) is 21.3. The first-order valence-corrected chi connectivity index (χ1v) is 13.5. The summed E-state index contributed by atoms with van der Waals surface area (Å²) in [5.74, 6) is -1.01. The average Bonchev–Trinajstić information content (AvgIpc) is 2.70. The predicted octanol–water partition coefficient (Wildman–Crippen LogP) is 5.24. The molecule has 0 aliphatic heterocycles. The number of carbonyl (C=O) groups is 2. The van der Waals surface area contributed by atoms with Crippen molar-refractivity contribution in [2.45, 2.75) is 34.0 Å². The molecule has 0 aliphatic rings. The molecule has 0 aromatic heterocycles. The van der Waals surface area contributed by atoms with Gasteiger partial charge in [-0.2, -0.15) is 0 Å². The van der Waals surface area contributed by atoms with Gasteiger partial charge >= 0.3 is 5.97 Å². The van der Waals surface area contributed by atoms with Gasteiger partial charge in [-0.25, -0.2) is 4.79 Å². The number of ether oxygens (including phenoxy) is 1. The Balaban J connectivity index is 0.00000450. The molecule has 0 bridgehead atoms. The van der Waals surface area contributed by atoms with Crippen LogP contribution in [-0.2, 0) is 14.3 Å². The third-order valence-electron chi connectivity index (χ3n) is 4.11. The Morgan fingerprint density at radius 3 is 1.83 bits per heavy atom. The van der Waals surface area contributed by atoms with Crippen molar-refractivity contribution in [1.82, 2.24) is 5.32 Å². The number of allylic oxidation sites excluding steroid dienone is 2. The lowest BCUT2D eigenvalue weighted by molar-refractivity contribution is -0.140. The van der Waals surface area contributed by atoms with Crippen molar-refractivity contribution in [3.63, 3.8) is 0 Å². The number of hydrogen-bond acceptors (Lipinski definition) is 3. The summed E-state index contributed by atoms with van der Waals surface area (Å²) in [6.45, 7) is 8.41. The van der Waals surface area contributed by atoms with E-state index in [1.54, 1.807) is 13.0 Å². The Labute approximate surface area is 181 Å². The fourth-order valence-electron chi connectivity index (χ4n) is 2.65. The van der Waals surface area contributed by atoms with E-state index in [2.05, 4.69) is 25.0 Å². The largest absolute Gasteiger partial charge is 0.462 e. The van der Waals surface area contributed by atoms with Crippen molar-refractivity contribution in [3.05, 3.63) is 89.5 Å². The lowest BCUT2D eigenvalue weighted by atomic mass is 9.97. The van der Waals surface area contributed by atoms with Crippen LogP contribution in [0.3, 0.4) is 0 Å². The second-order valence-corrected chi connectivity index (χ2v) is 13.3. The molecule has 30 heavy (non-hydrogen) atoms. The van der Waals surface area contributed by atoms with E-state index in [4.69, 9.17) is 4.74 Å². The van der Waals surface area contributed by atoms with E-state index < -0.39 is 20.0 Å². The van der Waals surface area contributed by atoms with Crippen LogP contribution < -0.4 is 5.32 Å². The van der Waals surface area contributed by atoms with Crippen molar-refractivity contribution in [3.8, 4) is 0 Å². The Hall–Kier alpha value is -2.92. The summed E-state index contributed by atoms with van der Waals surface area (Å²) in [4.78, 5) is 25.1. The van der Waals surface area contributed by atoms with Gasteiger partial charge in [0, 0.05) is 6.17 Å². The van der Waals surface area contributed by atoms with Gasteiger partial charge in [0.15, 0.2) is 0 Å². The highest BCUT2D eigenvalue weighted by Gasteiger charge is 2.21. The monoisotopic (exact) mass is 423 g/mol. The van der Waals surface area contributed by atoms with E-state index in [1.165, 1.54) is 0 Å². The summed E-state index contributed by atoms with van der Waals surface area (Å²) in [5.41, 5.74) is 2.93. The molecule has 0 saturated heterocycles. The van der Waals surface area contributed by atoms with E-state index in [9.17, 15) is 9.59 Å². The van der Waals surface area contributed by atoms with E-state index in [1.807, 2.05) is 66.7 Å². The summed E-state index contributed by atoms with van der Waals surface area (Å²) in [6, 6.07) is 19.8. The molecule has 0 heterocycles. The molecule has 2 aromatic rings. The molecular formula is C25H33NO3Si. The van der Waals surface area contributed by atoms with Crippen LogP contribution in [0.25, 0.3) is 5.57 Å². The first kappa shape index (κ1) is 25.1. The second kappa shape index (κ2) is 11.9. The highest BCUT2D eigenvalue weighted by Crippen LogP contribution is 2.23. The van der Waals surface area contributed by atoms with Crippen molar-refractivity contribution in [1.29, 1.82) is 0 Å². The van der Waals surface area contributed by atoms with Crippen LogP contribution in [0.4, 0.5) is 0 Å². The first-order valence-electron chi connectivity index (χ1n) is 9.80. The van der Waals surface area contributed by atoms with Gasteiger partial charge in [0.2, 0.25) is 0 Å². The van der Waals surface area contributed by atoms with Crippen molar-refractivity contribution in [2.24, 2.45) is 0 Å². The minimum absolute atomic E-state index is 0. The van der Waals surface area contributed by atoms with Crippen molar-refractivity contribution in [2.75, 3.05) is 12.8 Å². The third kappa shape index (κ3) is 7.83. The average molecular weight is 424 g/mol. The zero-order valence-corrected chi connectivity index (χ0v) is 18.6. The summed E-state index contributed by atoms with van der Waals surface area (Å²) in [7, 11) is -1.50. The smallest absolute Gasteiger partial charge is 0.343 e. The summed E-state index contributed by atoms with van der Waals surface area (Å²) in [5, 5.41) is 2.89. The zero-order valence-electron chi connectivity index (χ0n) is 17.6. The van der Waals surface area contributed by atoms with Crippen LogP contribution in [0, 0.1) is 0 Å². The van der Waals surface area contributed by atoms with Gasteiger partial charge in [0.05, 0.1) is 14.7 Å². The SMILES string of the molecule is C.CCOC(=O)/C(=C/C=C(c1ccccc1)c1ccccc1)C(=O)NC[Si](C)(C)C. The molecule has 0 radical (unpaired) electrons. The van der Waals surface area contributed by atoms with Crippen molar-refractivity contribution >= 4 is 25.5 Å². The minimum atomic E-state index is -1.50. The predicted molar refractivity (Wildman–Crippen MR) is 128 cm³/mol. The molecule has 0 atom stereocenters. The summed E-state index contributed by atoms with van der Waals surface area (Å²) < 4.78 is 5.11. The number of amides is 1. The fraction of sp³-hybridized carbons (Fsp3) is 0.280. The molecule has 2 rings (SSSR count). The third-order valence-corrected chi connectivity index (χ3v) is 5.34. The Morgan fingerprint density at radius 2 is 1.40 bits per heavy atom. The van der Waals surface area contributed by atoms with Gasteiger partial charge in [-0.05, 0) is 29.7 Å². The molecule has 2 aromatic carbocycles. The van der Waals surface area contributed by atoms with E-state index in [0.717, 1.165) is 16.7 Å². The Bertz CT molecular complexity index is 840. The fourth-order valence-corrected chi connectivity index (χ4v) is 3.34. The molecule has 160 valence electrons. The molecule has 0 spiro atoms. The van der Waals surface area contributed by atoms with Gasteiger partial charge < -0.3 is 10.1 Å². The van der Waals surface area contributed by atoms with E-state index in [0.29, 0.717) is 6.17 Å². The maximum Gasteiger partial charge on any atom is 0.343 e. The molecule has 0 unspecified atom stereocenters. The molecule has 0 aliphatic carbocycles. The Kier molecular flexibility index (Phi) is 9.99. The van der Waals surface area contributed by atoms with Crippen LogP contribution in [0.2, 0.25) is 19.6 Å². The first-order chi connectivity index (χ1) is 13.8. The molecule has 1 N–H and O–H groups in total. The molecule has 1 amide bonds. The van der Waals surface area contributed by atoms with Gasteiger partial charge in [0.1, 0.15) is 5.57 Å². The molecule has 0 saturated carbocycles. The van der Waals surface area contributed by atoms with Gasteiger partial charge in [-0.3, -0.25) is 4.79 Å². The molecular weight excluding hydrogens is 390 g/mol. The number of hydrogen-bond donors (Lipinski definition) is 1. The minimum Gasteiger partial charge on any atom is -0.462 e. The van der Waals surface area contributed by atoms with Crippen LogP contribution in [-0.4, -0.2) is 32.7 Å². The van der Waals surface area contributed by atoms with Crippen LogP contribution in [0.1, 0.15) is 25.5 Å². The number of benzene rings is 2. The van der Waals surface area contributed by atoms with E-state index in [-0.39, 0.29) is 19.6 Å². The normalized spacial score (nSPS) is 11.1. The van der Waals surface area contributed by atoms with Gasteiger partial charge in [-0.1, -0.05) is 93.8 Å². The summed E-state index contributed by atoms with van der Waals surface area (Å²) >= 11 is 0. The van der Waals surface area contributed by atoms with E-state index >= 15 is 0 Å². The maximum absolute atomic E-state index is 12.7. The van der Waals surface area contributed by atoms with Crippen LogP contribution >= 0.6 is 0 Å². The highest BCUT2D eigenvalue weighted by atomic mass is 28.3. The number of carbonyl (C=O) groups excluding carboxylic acids is 2. The standard InChI is InChI=1S/C24H29NO3Si.CH4/c1-5-28-24(27)22(23(26)25-18-29(2,3)4)17-16-21(19-12-8-6-9-13-19)20-14-10-7-11-15-20;/h6-17H,5,18H2,1-4H3,(H,25,26);1H4/b22-17+;. The second-order valence-electron chi connectivity index (χ2n) is 7.86. The van der Waals surface area contributed by atoms with Crippen molar-refractivity contribution < 1.29 is 14.3 Å². The maximum atomic E-state index is 12.7. The number of rotatable bonds is 8. The lowest BCUT2D eigenvalue weighted by Gasteiger charge is -2.17. The van der Waals surface area contributed by atoms with Gasteiger partial charge in [0.25, 0.3) is 5.91 Å².